The van der Waals surface area contributed by atoms with Crippen LogP contribution >= 0.6 is 15.9 Å². The van der Waals surface area contributed by atoms with Crippen LogP contribution in [0, 0.1) is 6.92 Å². The van der Waals surface area contributed by atoms with Gasteiger partial charge in [0.25, 0.3) is 0 Å². The van der Waals surface area contributed by atoms with E-state index < -0.39 is 0 Å². The quantitative estimate of drug-likeness (QED) is 0.876. The fraction of sp³-hybridized carbons (Fsp3) is 0.400. The summed E-state index contributed by atoms with van der Waals surface area (Å²) in [4.78, 5) is 4.79. The summed E-state index contributed by atoms with van der Waals surface area (Å²) in [6.07, 6.45) is 0. The molecule has 18 heavy (non-hydrogen) atoms. The Morgan fingerprint density at radius 3 is 2.67 bits per heavy atom. The highest BCUT2D eigenvalue weighted by molar-refractivity contribution is 9.10. The first-order valence-corrected chi connectivity index (χ1v) is 7.17. The molecular weight excluding hydrogens is 288 g/mol. The van der Waals surface area contributed by atoms with Crippen molar-refractivity contribution in [2.24, 2.45) is 0 Å². The van der Waals surface area contributed by atoms with E-state index in [-0.39, 0.29) is 0 Å². The van der Waals surface area contributed by atoms with Crippen molar-refractivity contribution in [3.63, 3.8) is 0 Å². The molecule has 0 bridgehead atoms. The molecule has 0 radical (unpaired) electrons. The van der Waals surface area contributed by atoms with Gasteiger partial charge < -0.3 is 5.32 Å². The Morgan fingerprint density at radius 2 is 2.06 bits per heavy atom. The third-order valence-electron chi connectivity index (χ3n) is 3.11. The topological polar surface area (TPSA) is 24.9 Å². The lowest BCUT2D eigenvalue weighted by Crippen LogP contribution is -2.05. The van der Waals surface area contributed by atoms with Gasteiger partial charge >= 0.3 is 0 Å². The van der Waals surface area contributed by atoms with Crippen LogP contribution in [-0.2, 0) is 0 Å². The number of aromatic nitrogens is 1. The van der Waals surface area contributed by atoms with Crippen molar-refractivity contribution in [1.29, 1.82) is 0 Å². The lowest BCUT2D eigenvalue weighted by molar-refractivity contribution is 0.861. The summed E-state index contributed by atoms with van der Waals surface area (Å²) in [6, 6.07) is 6.52. The second-order valence-electron chi connectivity index (χ2n) is 4.88. The van der Waals surface area contributed by atoms with Crippen molar-refractivity contribution in [3.8, 4) is 0 Å². The largest absolute Gasteiger partial charge is 0.370 e. The monoisotopic (exact) mass is 306 g/mol. The molecule has 0 unspecified atom stereocenters. The van der Waals surface area contributed by atoms with Crippen molar-refractivity contribution in [2.45, 2.75) is 33.6 Å². The molecule has 0 aliphatic carbocycles. The molecule has 2 rings (SSSR count). The fourth-order valence-electron chi connectivity index (χ4n) is 2.07. The number of benzene rings is 1. The number of fused-ring (bicyclic) bond motifs is 1. The van der Waals surface area contributed by atoms with E-state index in [4.69, 9.17) is 4.98 Å². The number of nitrogens with one attached hydrogen (secondary N) is 1. The van der Waals surface area contributed by atoms with Crippen molar-refractivity contribution in [3.05, 3.63) is 33.8 Å². The molecule has 0 aliphatic rings. The van der Waals surface area contributed by atoms with E-state index in [1.807, 2.05) is 0 Å². The van der Waals surface area contributed by atoms with Crippen LogP contribution in [0.1, 0.15) is 37.8 Å². The average Bonchev–Trinajstić information content (AvgIpc) is 2.34. The Bertz CT molecular complexity index is 576. The Labute approximate surface area is 117 Å². The maximum atomic E-state index is 4.79. The van der Waals surface area contributed by atoms with Crippen molar-refractivity contribution in [2.75, 3.05) is 11.9 Å². The third kappa shape index (κ3) is 2.37. The highest BCUT2D eigenvalue weighted by atomic mass is 79.9. The predicted octanol–water partition coefficient (Wildman–Crippen LogP) is 4.86. The van der Waals surface area contributed by atoms with Gasteiger partial charge in [-0.05, 0) is 52.9 Å². The summed E-state index contributed by atoms with van der Waals surface area (Å²) in [5, 5.41) is 4.56. The Kier molecular flexibility index (Phi) is 3.91. The summed E-state index contributed by atoms with van der Waals surface area (Å²) >= 11 is 3.64. The molecule has 0 atom stereocenters. The summed E-state index contributed by atoms with van der Waals surface area (Å²) in [7, 11) is 0. The van der Waals surface area contributed by atoms with Gasteiger partial charge in [-0.2, -0.15) is 0 Å². The molecule has 0 spiro atoms. The van der Waals surface area contributed by atoms with Crippen molar-refractivity contribution >= 4 is 32.7 Å². The molecule has 1 N–H and O–H groups in total. The zero-order valence-electron chi connectivity index (χ0n) is 11.3. The zero-order chi connectivity index (χ0) is 13.3. The number of nitrogens with zero attached hydrogens (tertiary/aromatic N) is 1. The normalized spacial score (nSPS) is 11.2. The van der Waals surface area contributed by atoms with E-state index in [9.17, 15) is 0 Å². The van der Waals surface area contributed by atoms with E-state index in [2.05, 4.69) is 67.1 Å². The lowest BCUT2D eigenvalue weighted by atomic mass is 10.0. The first kappa shape index (κ1) is 13.3. The second kappa shape index (κ2) is 5.27. The minimum Gasteiger partial charge on any atom is -0.370 e. The standard InChI is InChI=1S/C15H19BrN2/c1-5-17-15-12(9(2)3)8-11-7-6-10(4)13(16)14(11)18-15/h6-9H,5H2,1-4H3,(H,17,18). The first-order chi connectivity index (χ1) is 8.54. The van der Waals surface area contributed by atoms with Gasteiger partial charge in [-0.15, -0.1) is 0 Å². The summed E-state index contributed by atoms with van der Waals surface area (Å²) < 4.78 is 1.09. The summed E-state index contributed by atoms with van der Waals surface area (Å²) in [6.45, 7) is 9.48. The number of halogens is 1. The number of rotatable bonds is 3. The minimum absolute atomic E-state index is 0.469. The maximum Gasteiger partial charge on any atom is 0.130 e. The summed E-state index contributed by atoms with van der Waals surface area (Å²) in [5.74, 6) is 1.47. The van der Waals surface area contributed by atoms with Gasteiger partial charge in [0, 0.05) is 16.4 Å². The van der Waals surface area contributed by atoms with Crippen LogP contribution in [0.25, 0.3) is 10.9 Å². The van der Waals surface area contributed by atoms with Gasteiger partial charge in [-0.3, -0.25) is 0 Å². The molecule has 0 saturated heterocycles. The SMILES string of the molecule is CCNc1nc2c(Br)c(C)ccc2cc1C(C)C. The molecule has 96 valence electrons. The first-order valence-electron chi connectivity index (χ1n) is 6.38. The van der Waals surface area contributed by atoms with Gasteiger partial charge in [-0.25, -0.2) is 4.98 Å². The van der Waals surface area contributed by atoms with Crippen LogP contribution < -0.4 is 5.32 Å². The Hall–Kier alpha value is -1.09. The van der Waals surface area contributed by atoms with Crippen LogP contribution in [0.3, 0.4) is 0 Å². The highest BCUT2D eigenvalue weighted by Gasteiger charge is 2.12. The van der Waals surface area contributed by atoms with Gasteiger partial charge in [-0.1, -0.05) is 26.0 Å². The molecule has 1 aromatic heterocycles. The Morgan fingerprint density at radius 1 is 1.33 bits per heavy atom. The van der Waals surface area contributed by atoms with Crippen LogP contribution in [-0.4, -0.2) is 11.5 Å². The van der Waals surface area contributed by atoms with Crippen LogP contribution in [0.5, 0.6) is 0 Å². The summed E-state index contributed by atoms with van der Waals surface area (Å²) in [5.41, 5.74) is 3.53. The molecular formula is C15H19BrN2. The minimum atomic E-state index is 0.469. The van der Waals surface area contributed by atoms with Crippen molar-refractivity contribution < 1.29 is 0 Å². The van der Waals surface area contributed by atoms with Gasteiger partial charge in [0.2, 0.25) is 0 Å². The second-order valence-corrected chi connectivity index (χ2v) is 5.67. The zero-order valence-corrected chi connectivity index (χ0v) is 12.9. The molecule has 0 amide bonds. The fourth-order valence-corrected chi connectivity index (χ4v) is 2.52. The van der Waals surface area contributed by atoms with E-state index in [0.717, 1.165) is 22.4 Å². The van der Waals surface area contributed by atoms with Gasteiger partial charge in [0.15, 0.2) is 0 Å². The van der Waals surface area contributed by atoms with E-state index in [1.165, 1.54) is 16.5 Å². The average molecular weight is 307 g/mol. The molecule has 3 heteroatoms. The molecule has 2 aromatic rings. The molecule has 1 aromatic carbocycles. The Balaban J connectivity index is 2.72. The number of pyridine rings is 1. The highest BCUT2D eigenvalue weighted by Crippen LogP contribution is 2.31. The van der Waals surface area contributed by atoms with Crippen LogP contribution in [0.4, 0.5) is 5.82 Å². The molecule has 2 nitrogen and oxygen atoms in total. The molecule has 0 fully saturated rings. The van der Waals surface area contributed by atoms with Crippen LogP contribution in [0.2, 0.25) is 0 Å². The van der Waals surface area contributed by atoms with Gasteiger partial charge in [0.05, 0.1) is 5.52 Å². The molecule has 1 heterocycles. The smallest absolute Gasteiger partial charge is 0.130 e. The lowest BCUT2D eigenvalue weighted by Gasteiger charge is -2.15. The van der Waals surface area contributed by atoms with E-state index in [1.54, 1.807) is 0 Å². The number of hydrogen-bond acceptors (Lipinski definition) is 2. The third-order valence-corrected chi connectivity index (χ3v) is 4.12. The van der Waals surface area contributed by atoms with Crippen molar-refractivity contribution in [1.82, 2.24) is 4.98 Å². The molecule has 0 saturated carbocycles. The molecule has 0 aliphatic heterocycles. The predicted molar refractivity (Wildman–Crippen MR) is 82.4 cm³/mol. The van der Waals surface area contributed by atoms with Gasteiger partial charge in [0.1, 0.15) is 5.82 Å². The van der Waals surface area contributed by atoms with E-state index >= 15 is 0 Å². The van der Waals surface area contributed by atoms with Crippen LogP contribution in [0.15, 0.2) is 22.7 Å². The number of anilines is 1. The maximum absolute atomic E-state index is 4.79. The number of hydrogen-bond donors (Lipinski definition) is 1. The van der Waals surface area contributed by atoms with E-state index in [0.29, 0.717) is 5.92 Å². The number of aryl methyl sites for hydroxylation is 1.